The molecule has 1 fully saturated rings. The number of nitrogens with one attached hydrogen (secondary N) is 1. The summed E-state index contributed by atoms with van der Waals surface area (Å²) in [6.07, 6.45) is 0. The quantitative estimate of drug-likeness (QED) is 0.438. The van der Waals surface area contributed by atoms with Crippen molar-refractivity contribution < 1.29 is 0 Å². The van der Waals surface area contributed by atoms with Gasteiger partial charge in [0.25, 0.3) is 0 Å². The Morgan fingerprint density at radius 3 is 2.33 bits per heavy atom. The summed E-state index contributed by atoms with van der Waals surface area (Å²) in [6, 6.07) is 19.1. The van der Waals surface area contributed by atoms with Crippen molar-refractivity contribution in [3.8, 4) is 11.3 Å². The first-order valence-electron chi connectivity index (χ1n) is 11.6. The van der Waals surface area contributed by atoms with Gasteiger partial charge in [0.15, 0.2) is 5.82 Å². The number of piperazine rings is 1. The molecule has 1 saturated heterocycles. The van der Waals surface area contributed by atoms with E-state index in [4.69, 9.17) is 10.1 Å². The van der Waals surface area contributed by atoms with Gasteiger partial charge in [-0.15, -0.1) is 5.10 Å². The second kappa shape index (κ2) is 8.80. The van der Waals surface area contributed by atoms with Crippen molar-refractivity contribution in [2.24, 2.45) is 0 Å². The first-order valence-corrected chi connectivity index (χ1v) is 12.4. The van der Waals surface area contributed by atoms with Crippen molar-refractivity contribution in [1.82, 2.24) is 19.5 Å². The largest absolute Gasteiger partial charge is 0.364 e. The minimum Gasteiger partial charge on any atom is -0.364 e. The lowest BCUT2D eigenvalue weighted by Crippen LogP contribution is -2.46. The molecule has 4 aromatic rings. The van der Waals surface area contributed by atoms with Crippen molar-refractivity contribution in [2.45, 2.75) is 39.8 Å². The summed E-state index contributed by atoms with van der Waals surface area (Å²) < 4.78 is 2.00. The average Bonchev–Trinajstić information content (AvgIpc) is 3.34. The van der Waals surface area contributed by atoms with Gasteiger partial charge in [-0.2, -0.15) is 4.52 Å². The molecule has 0 radical (unpaired) electrons. The number of nitrogens with zero attached hydrogens (tertiary/aromatic N) is 5. The normalized spacial score (nSPS) is 15.3. The van der Waals surface area contributed by atoms with E-state index in [9.17, 15) is 0 Å². The molecule has 3 heterocycles. The molecule has 2 aromatic heterocycles. The van der Waals surface area contributed by atoms with Crippen LogP contribution >= 0.6 is 11.3 Å². The number of hydrogen-bond donors (Lipinski definition) is 1. The third kappa shape index (κ3) is 4.75. The molecule has 1 N–H and O–H groups in total. The van der Waals surface area contributed by atoms with Gasteiger partial charge in [0.1, 0.15) is 5.69 Å². The molecule has 6 nitrogen and oxygen atoms in total. The SMILES string of the molecule is Cc1ccccc1-c1nc2sc(N3CCN(Cc4ccccc4)CC3)nn2c1NC(C)(C)C. The van der Waals surface area contributed by atoms with E-state index in [1.54, 1.807) is 11.3 Å². The molecular formula is C26H32N6S. The number of fused-ring (bicyclic) bond motifs is 1. The molecule has 1 aliphatic rings. The van der Waals surface area contributed by atoms with Crippen LogP contribution in [0.15, 0.2) is 54.6 Å². The molecule has 0 spiro atoms. The molecule has 0 bridgehead atoms. The van der Waals surface area contributed by atoms with Gasteiger partial charge in [-0.1, -0.05) is 65.9 Å². The van der Waals surface area contributed by atoms with E-state index >= 15 is 0 Å². The fourth-order valence-electron chi connectivity index (χ4n) is 4.30. The van der Waals surface area contributed by atoms with E-state index in [0.717, 1.165) is 59.9 Å². The van der Waals surface area contributed by atoms with E-state index < -0.39 is 0 Å². The second-order valence-electron chi connectivity index (χ2n) is 9.83. The molecular weight excluding hydrogens is 428 g/mol. The zero-order chi connectivity index (χ0) is 23.0. The van der Waals surface area contributed by atoms with Crippen molar-refractivity contribution in [3.05, 3.63) is 65.7 Å². The third-order valence-corrected chi connectivity index (χ3v) is 6.95. The summed E-state index contributed by atoms with van der Waals surface area (Å²) in [6.45, 7) is 13.7. The molecule has 0 saturated carbocycles. The number of benzene rings is 2. The topological polar surface area (TPSA) is 48.7 Å². The summed E-state index contributed by atoms with van der Waals surface area (Å²) >= 11 is 1.68. The predicted molar refractivity (Wildman–Crippen MR) is 138 cm³/mol. The molecule has 2 aromatic carbocycles. The third-order valence-electron chi connectivity index (χ3n) is 5.98. The lowest BCUT2D eigenvalue weighted by Gasteiger charge is -2.34. The van der Waals surface area contributed by atoms with Crippen LogP contribution in [-0.4, -0.2) is 51.2 Å². The lowest BCUT2D eigenvalue weighted by molar-refractivity contribution is 0.249. The Kier molecular flexibility index (Phi) is 5.85. The molecule has 33 heavy (non-hydrogen) atoms. The summed E-state index contributed by atoms with van der Waals surface area (Å²) in [4.78, 5) is 10.9. The van der Waals surface area contributed by atoms with Crippen LogP contribution < -0.4 is 10.2 Å². The summed E-state index contributed by atoms with van der Waals surface area (Å²) in [5.74, 6) is 0.969. The first kappa shape index (κ1) is 21.9. The van der Waals surface area contributed by atoms with Crippen LogP contribution in [0.3, 0.4) is 0 Å². The van der Waals surface area contributed by atoms with Crippen LogP contribution in [0.1, 0.15) is 31.9 Å². The smallest absolute Gasteiger partial charge is 0.216 e. The molecule has 5 rings (SSSR count). The number of hydrogen-bond acceptors (Lipinski definition) is 6. The number of aromatic nitrogens is 3. The predicted octanol–water partition coefficient (Wildman–Crippen LogP) is 5.30. The van der Waals surface area contributed by atoms with E-state index in [0.29, 0.717) is 0 Å². The Morgan fingerprint density at radius 2 is 1.64 bits per heavy atom. The highest BCUT2D eigenvalue weighted by Crippen LogP contribution is 2.36. The van der Waals surface area contributed by atoms with Gasteiger partial charge < -0.3 is 10.2 Å². The highest BCUT2D eigenvalue weighted by atomic mass is 32.1. The molecule has 0 atom stereocenters. The highest BCUT2D eigenvalue weighted by Gasteiger charge is 2.25. The minimum absolute atomic E-state index is 0.0970. The molecule has 7 heteroatoms. The van der Waals surface area contributed by atoms with Crippen LogP contribution in [0.2, 0.25) is 0 Å². The van der Waals surface area contributed by atoms with Gasteiger partial charge in [-0.3, -0.25) is 4.90 Å². The number of aryl methyl sites for hydroxylation is 1. The Labute approximate surface area is 199 Å². The fraction of sp³-hybridized carbons (Fsp3) is 0.385. The number of anilines is 2. The fourth-order valence-corrected chi connectivity index (χ4v) is 5.25. The van der Waals surface area contributed by atoms with Crippen molar-refractivity contribution in [2.75, 3.05) is 36.4 Å². The zero-order valence-electron chi connectivity index (χ0n) is 19.9. The molecule has 0 unspecified atom stereocenters. The van der Waals surface area contributed by atoms with Gasteiger partial charge in [-0.25, -0.2) is 4.98 Å². The Hall–Kier alpha value is -2.90. The monoisotopic (exact) mass is 460 g/mol. The molecule has 1 aliphatic heterocycles. The summed E-state index contributed by atoms with van der Waals surface area (Å²) in [5, 5.41) is 9.74. The van der Waals surface area contributed by atoms with Crippen LogP contribution in [0.5, 0.6) is 0 Å². The number of rotatable bonds is 5. The van der Waals surface area contributed by atoms with Gasteiger partial charge in [0.05, 0.1) is 0 Å². The van der Waals surface area contributed by atoms with Gasteiger partial charge >= 0.3 is 0 Å². The van der Waals surface area contributed by atoms with E-state index in [-0.39, 0.29) is 5.54 Å². The van der Waals surface area contributed by atoms with Crippen LogP contribution in [-0.2, 0) is 6.54 Å². The Balaban J connectivity index is 1.39. The van der Waals surface area contributed by atoms with Crippen LogP contribution in [0.4, 0.5) is 10.9 Å². The summed E-state index contributed by atoms with van der Waals surface area (Å²) in [7, 11) is 0. The highest BCUT2D eigenvalue weighted by molar-refractivity contribution is 7.20. The zero-order valence-corrected chi connectivity index (χ0v) is 20.7. The van der Waals surface area contributed by atoms with Crippen LogP contribution in [0, 0.1) is 6.92 Å². The van der Waals surface area contributed by atoms with E-state index in [1.165, 1.54) is 11.1 Å². The van der Waals surface area contributed by atoms with E-state index in [1.807, 2.05) is 4.52 Å². The maximum Gasteiger partial charge on any atom is 0.216 e. The lowest BCUT2D eigenvalue weighted by atomic mass is 10.0. The average molecular weight is 461 g/mol. The molecule has 172 valence electrons. The Morgan fingerprint density at radius 1 is 0.939 bits per heavy atom. The van der Waals surface area contributed by atoms with Crippen molar-refractivity contribution in [3.63, 3.8) is 0 Å². The standard InChI is InChI=1S/C26H32N6S/c1-19-10-8-9-13-21(19)22-23(28-26(2,3)4)32-24(27-22)33-25(29-32)31-16-14-30(15-17-31)18-20-11-6-5-7-12-20/h5-13,28H,14-18H2,1-4H3. The Bertz CT molecular complexity index is 1230. The molecule has 0 amide bonds. The van der Waals surface area contributed by atoms with E-state index in [2.05, 4.69) is 97.4 Å². The van der Waals surface area contributed by atoms with Crippen molar-refractivity contribution in [1.29, 1.82) is 0 Å². The maximum absolute atomic E-state index is 5.03. The van der Waals surface area contributed by atoms with Gasteiger partial charge in [0.2, 0.25) is 10.1 Å². The number of imidazole rings is 1. The first-order chi connectivity index (χ1) is 15.9. The molecule has 0 aliphatic carbocycles. The van der Waals surface area contributed by atoms with Gasteiger partial charge in [0, 0.05) is 43.8 Å². The second-order valence-corrected chi connectivity index (χ2v) is 10.8. The van der Waals surface area contributed by atoms with Gasteiger partial charge in [-0.05, 0) is 38.8 Å². The van der Waals surface area contributed by atoms with Crippen molar-refractivity contribution >= 4 is 27.2 Å². The minimum atomic E-state index is -0.0970. The summed E-state index contributed by atoms with van der Waals surface area (Å²) in [5.41, 5.74) is 4.62. The maximum atomic E-state index is 5.03. The van der Waals surface area contributed by atoms with Crippen LogP contribution in [0.25, 0.3) is 16.2 Å².